The Morgan fingerprint density at radius 3 is 2.57 bits per heavy atom. The van der Waals surface area contributed by atoms with E-state index in [4.69, 9.17) is 9.47 Å². The van der Waals surface area contributed by atoms with Crippen molar-refractivity contribution in [1.82, 2.24) is 9.88 Å². The Morgan fingerprint density at radius 2 is 1.96 bits per heavy atom. The Morgan fingerprint density at radius 1 is 1.26 bits per heavy atom. The van der Waals surface area contributed by atoms with Crippen molar-refractivity contribution in [2.24, 2.45) is 0 Å². The zero-order valence-electron chi connectivity index (χ0n) is 13.3. The quantitative estimate of drug-likeness (QED) is 0.863. The molecule has 1 aromatic heterocycles. The van der Waals surface area contributed by atoms with E-state index in [0.717, 1.165) is 29.3 Å². The van der Waals surface area contributed by atoms with E-state index in [1.165, 1.54) is 11.3 Å². The number of nitrogens with zero attached hydrogens (tertiary/aromatic N) is 2. The minimum atomic E-state index is 0.0186. The van der Waals surface area contributed by atoms with Gasteiger partial charge in [-0.1, -0.05) is 12.1 Å². The summed E-state index contributed by atoms with van der Waals surface area (Å²) >= 11 is 1.51. The average molecular weight is 332 g/mol. The monoisotopic (exact) mass is 332 g/mol. The van der Waals surface area contributed by atoms with Crippen LogP contribution in [0.5, 0.6) is 11.5 Å². The second kappa shape index (κ2) is 7.00. The van der Waals surface area contributed by atoms with Crippen LogP contribution in [-0.2, 0) is 0 Å². The molecule has 0 aliphatic carbocycles. The number of likely N-dealkylation sites (tertiary alicyclic amines) is 1. The SMILES string of the molecule is COc1ccccc1OC1CCN(C(=O)c2csc(C)n2)CC1. The molecule has 1 amide bonds. The third-order valence-corrected chi connectivity index (χ3v) is 4.70. The van der Waals surface area contributed by atoms with Crippen molar-refractivity contribution in [3.63, 3.8) is 0 Å². The predicted molar refractivity (Wildman–Crippen MR) is 89.4 cm³/mol. The number of hydrogen-bond acceptors (Lipinski definition) is 5. The number of aryl methyl sites for hydroxylation is 1. The molecule has 1 saturated heterocycles. The number of methoxy groups -OCH3 is 1. The van der Waals surface area contributed by atoms with Gasteiger partial charge in [0.05, 0.1) is 12.1 Å². The standard InChI is InChI=1S/C17H20N2O3S/c1-12-18-14(11-23-12)17(20)19-9-7-13(8-10-19)22-16-6-4-3-5-15(16)21-2/h3-6,11,13H,7-10H2,1-2H3. The first kappa shape index (κ1) is 15.8. The Labute approximate surface area is 139 Å². The van der Waals surface area contributed by atoms with Gasteiger partial charge in [0.1, 0.15) is 11.8 Å². The molecule has 0 N–H and O–H groups in total. The molecule has 0 spiro atoms. The van der Waals surface area contributed by atoms with Crippen LogP contribution in [0, 0.1) is 6.92 Å². The summed E-state index contributed by atoms with van der Waals surface area (Å²) in [4.78, 5) is 18.5. The van der Waals surface area contributed by atoms with Gasteiger partial charge in [-0.2, -0.15) is 0 Å². The van der Waals surface area contributed by atoms with E-state index in [1.807, 2.05) is 41.5 Å². The maximum absolute atomic E-state index is 12.4. The van der Waals surface area contributed by atoms with Crippen molar-refractivity contribution >= 4 is 17.2 Å². The molecule has 0 atom stereocenters. The first-order valence-corrected chi connectivity index (χ1v) is 8.56. The van der Waals surface area contributed by atoms with Crippen LogP contribution in [0.3, 0.4) is 0 Å². The Hall–Kier alpha value is -2.08. The minimum absolute atomic E-state index is 0.0186. The Kier molecular flexibility index (Phi) is 4.81. The van der Waals surface area contributed by atoms with E-state index < -0.39 is 0 Å². The van der Waals surface area contributed by atoms with E-state index in [2.05, 4.69) is 4.98 Å². The molecular weight excluding hydrogens is 312 g/mol. The maximum Gasteiger partial charge on any atom is 0.273 e. The number of amides is 1. The molecule has 1 aliphatic rings. The molecule has 6 heteroatoms. The maximum atomic E-state index is 12.4. The van der Waals surface area contributed by atoms with Crippen molar-refractivity contribution in [2.45, 2.75) is 25.9 Å². The van der Waals surface area contributed by atoms with E-state index in [9.17, 15) is 4.79 Å². The molecule has 1 aliphatic heterocycles. The number of thiazole rings is 1. The molecule has 5 nitrogen and oxygen atoms in total. The summed E-state index contributed by atoms with van der Waals surface area (Å²) in [6.07, 6.45) is 1.73. The van der Waals surface area contributed by atoms with Crippen LogP contribution in [0.2, 0.25) is 0 Å². The normalized spacial score (nSPS) is 15.5. The second-order valence-corrected chi connectivity index (χ2v) is 6.57. The van der Waals surface area contributed by atoms with Crippen molar-refractivity contribution in [1.29, 1.82) is 0 Å². The second-order valence-electron chi connectivity index (χ2n) is 5.51. The fourth-order valence-electron chi connectivity index (χ4n) is 2.70. The number of carbonyl (C=O) groups is 1. The van der Waals surface area contributed by atoms with Crippen LogP contribution in [0.4, 0.5) is 0 Å². The van der Waals surface area contributed by atoms with Gasteiger partial charge in [-0.3, -0.25) is 4.79 Å². The fourth-order valence-corrected chi connectivity index (χ4v) is 3.28. The zero-order chi connectivity index (χ0) is 16.2. The highest BCUT2D eigenvalue weighted by Gasteiger charge is 2.26. The van der Waals surface area contributed by atoms with Crippen LogP contribution in [0.1, 0.15) is 28.3 Å². The van der Waals surface area contributed by atoms with Crippen molar-refractivity contribution in [3.8, 4) is 11.5 Å². The molecule has 0 bridgehead atoms. The van der Waals surface area contributed by atoms with Gasteiger partial charge in [0.2, 0.25) is 0 Å². The molecule has 122 valence electrons. The highest BCUT2D eigenvalue weighted by atomic mass is 32.1. The molecule has 1 aromatic carbocycles. The van der Waals surface area contributed by atoms with Gasteiger partial charge < -0.3 is 14.4 Å². The zero-order valence-corrected chi connectivity index (χ0v) is 14.1. The number of rotatable bonds is 4. The van der Waals surface area contributed by atoms with Gasteiger partial charge >= 0.3 is 0 Å². The van der Waals surface area contributed by atoms with Crippen LogP contribution in [-0.4, -0.2) is 42.1 Å². The van der Waals surface area contributed by atoms with Crippen LogP contribution >= 0.6 is 11.3 Å². The van der Waals surface area contributed by atoms with Gasteiger partial charge in [0, 0.05) is 31.3 Å². The topological polar surface area (TPSA) is 51.7 Å². The first-order valence-electron chi connectivity index (χ1n) is 7.68. The minimum Gasteiger partial charge on any atom is -0.493 e. The number of carbonyl (C=O) groups excluding carboxylic acids is 1. The number of ether oxygens (including phenoxy) is 2. The van der Waals surface area contributed by atoms with E-state index >= 15 is 0 Å². The summed E-state index contributed by atoms with van der Waals surface area (Å²) in [5.41, 5.74) is 0.552. The van der Waals surface area contributed by atoms with Gasteiger partial charge in [0.25, 0.3) is 5.91 Å². The molecule has 0 unspecified atom stereocenters. The van der Waals surface area contributed by atoms with Gasteiger partial charge in [-0.05, 0) is 19.1 Å². The largest absolute Gasteiger partial charge is 0.493 e. The number of piperidine rings is 1. The molecule has 2 aromatic rings. The summed E-state index contributed by atoms with van der Waals surface area (Å²) in [5.74, 6) is 1.52. The summed E-state index contributed by atoms with van der Waals surface area (Å²) < 4.78 is 11.3. The first-order chi connectivity index (χ1) is 11.2. The molecule has 23 heavy (non-hydrogen) atoms. The molecule has 1 fully saturated rings. The van der Waals surface area contributed by atoms with Crippen molar-refractivity contribution in [2.75, 3.05) is 20.2 Å². The molecule has 3 rings (SSSR count). The number of para-hydroxylation sites is 2. The molecule has 0 radical (unpaired) electrons. The molecular formula is C17H20N2O3S. The van der Waals surface area contributed by atoms with Gasteiger partial charge in [-0.15, -0.1) is 11.3 Å². The highest BCUT2D eigenvalue weighted by molar-refractivity contribution is 7.09. The summed E-state index contributed by atoms with van der Waals surface area (Å²) in [6, 6.07) is 7.65. The van der Waals surface area contributed by atoms with Gasteiger partial charge in [-0.25, -0.2) is 4.98 Å². The van der Waals surface area contributed by atoms with Crippen molar-refractivity contribution < 1.29 is 14.3 Å². The third-order valence-electron chi connectivity index (χ3n) is 3.93. The Bertz CT molecular complexity index is 678. The molecule has 2 heterocycles. The van der Waals surface area contributed by atoms with Crippen LogP contribution < -0.4 is 9.47 Å². The van der Waals surface area contributed by atoms with Crippen LogP contribution in [0.25, 0.3) is 0 Å². The summed E-state index contributed by atoms with van der Waals surface area (Å²) in [5, 5.41) is 2.75. The Balaban J connectivity index is 1.57. The summed E-state index contributed by atoms with van der Waals surface area (Å²) in [6.45, 7) is 3.29. The lowest BCUT2D eigenvalue weighted by Crippen LogP contribution is -2.41. The lowest BCUT2D eigenvalue weighted by molar-refractivity contribution is 0.0586. The lowest BCUT2D eigenvalue weighted by atomic mass is 10.1. The van der Waals surface area contributed by atoms with E-state index in [0.29, 0.717) is 18.8 Å². The summed E-state index contributed by atoms with van der Waals surface area (Å²) in [7, 11) is 1.64. The fraction of sp³-hybridized carbons (Fsp3) is 0.412. The smallest absolute Gasteiger partial charge is 0.273 e. The van der Waals surface area contributed by atoms with E-state index in [-0.39, 0.29) is 12.0 Å². The predicted octanol–water partition coefficient (Wildman–Crippen LogP) is 3.14. The van der Waals surface area contributed by atoms with E-state index in [1.54, 1.807) is 7.11 Å². The lowest BCUT2D eigenvalue weighted by Gasteiger charge is -2.32. The highest BCUT2D eigenvalue weighted by Crippen LogP contribution is 2.29. The number of benzene rings is 1. The number of aromatic nitrogens is 1. The number of hydrogen-bond donors (Lipinski definition) is 0. The third kappa shape index (κ3) is 3.64. The van der Waals surface area contributed by atoms with Crippen LogP contribution in [0.15, 0.2) is 29.6 Å². The van der Waals surface area contributed by atoms with Gasteiger partial charge in [0.15, 0.2) is 11.5 Å². The average Bonchev–Trinajstić information content (AvgIpc) is 3.02. The molecule has 0 saturated carbocycles. The van der Waals surface area contributed by atoms with Crippen molar-refractivity contribution in [3.05, 3.63) is 40.3 Å².